The van der Waals surface area contributed by atoms with Gasteiger partial charge in [0.1, 0.15) is 5.60 Å². The minimum absolute atomic E-state index is 0.107. The fourth-order valence-electron chi connectivity index (χ4n) is 2.08. The standard InChI is InChI=1S/C14H24N2O2/c1-5-11-9-12(16(8-4)15-11)10-13(17)14(18,6-2)7-3/h9,18H,5-8,10H2,1-4H3. The molecule has 0 spiro atoms. The van der Waals surface area contributed by atoms with Crippen molar-refractivity contribution in [1.29, 1.82) is 0 Å². The Labute approximate surface area is 109 Å². The number of nitrogens with zero attached hydrogens (tertiary/aromatic N) is 2. The van der Waals surface area contributed by atoms with Gasteiger partial charge in [0.05, 0.1) is 12.1 Å². The number of carbonyl (C=O) groups is 1. The molecule has 1 aromatic rings. The molecule has 0 amide bonds. The molecule has 1 aromatic heterocycles. The Kier molecular flexibility index (Phi) is 5.08. The number of ketones is 1. The van der Waals surface area contributed by atoms with Crippen molar-refractivity contribution in [2.75, 3.05) is 0 Å². The van der Waals surface area contributed by atoms with Gasteiger partial charge in [-0.15, -0.1) is 0 Å². The molecule has 102 valence electrons. The molecule has 0 saturated carbocycles. The molecule has 0 unspecified atom stereocenters. The van der Waals surface area contributed by atoms with Gasteiger partial charge in [-0.2, -0.15) is 5.10 Å². The van der Waals surface area contributed by atoms with Gasteiger partial charge >= 0.3 is 0 Å². The Balaban J connectivity index is 2.90. The summed E-state index contributed by atoms with van der Waals surface area (Å²) < 4.78 is 1.85. The van der Waals surface area contributed by atoms with E-state index in [0.717, 1.165) is 24.4 Å². The van der Waals surface area contributed by atoms with Crippen molar-refractivity contribution in [3.8, 4) is 0 Å². The van der Waals surface area contributed by atoms with Crippen LogP contribution in [0.2, 0.25) is 0 Å². The van der Waals surface area contributed by atoms with E-state index in [2.05, 4.69) is 5.10 Å². The van der Waals surface area contributed by atoms with Crippen molar-refractivity contribution >= 4 is 5.78 Å². The summed E-state index contributed by atoms with van der Waals surface area (Å²) in [4.78, 5) is 12.2. The van der Waals surface area contributed by atoms with E-state index in [0.29, 0.717) is 12.8 Å². The van der Waals surface area contributed by atoms with E-state index in [1.807, 2.05) is 38.4 Å². The molecule has 0 saturated heterocycles. The fraction of sp³-hybridized carbons (Fsp3) is 0.714. The maximum absolute atomic E-state index is 12.2. The van der Waals surface area contributed by atoms with Gasteiger partial charge in [0.15, 0.2) is 5.78 Å². The van der Waals surface area contributed by atoms with Crippen LogP contribution < -0.4 is 0 Å². The number of aryl methyl sites for hydroxylation is 2. The molecule has 0 fully saturated rings. The molecule has 4 heteroatoms. The van der Waals surface area contributed by atoms with Gasteiger partial charge in [-0.25, -0.2) is 0 Å². The predicted octanol–water partition coefficient (Wildman–Crippen LogP) is 2.13. The topological polar surface area (TPSA) is 55.1 Å². The highest BCUT2D eigenvalue weighted by Crippen LogP contribution is 2.19. The zero-order valence-corrected chi connectivity index (χ0v) is 11.9. The average Bonchev–Trinajstić information content (AvgIpc) is 2.79. The molecular formula is C14H24N2O2. The van der Waals surface area contributed by atoms with Gasteiger partial charge in [-0.1, -0.05) is 20.8 Å². The van der Waals surface area contributed by atoms with E-state index in [9.17, 15) is 9.90 Å². The molecule has 1 N–H and O–H groups in total. The minimum Gasteiger partial charge on any atom is -0.382 e. The molecule has 0 aliphatic carbocycles. The monoisotopic (exact) mass is 252 g/mol. The molecule has 0 radical (unpaired) electrons. The van der Waals surface area contributed by atoms with Gasteiger partial charge in [-0.3, -0.25) is 9.48 Å². The Hall–Kier alpha value is -1.16. The fourth-order valence-corrected chi connectivity index (χ4v) is 2.08. The summed E-state index contributed by atoms with van der Waals surface area (Å²) in [6, 6.07) is 1.97. The molecule has 1 rings (SSSR count). The van der Waals surface area contributed by atoms with Crippen LogP contribution in [0.5, 0.6) is 0 Å². The molecular weight excluding hydrogens is 228 g/mol. The van der Waals surface area contributed by atoms with E-state index in [1.165, 1.54) is 0 Å². The van der Waals surface area contributed by atoms with Crippen LogP contribution in [0.4, 0.5) is 0 Å². The van der Waals surface area contributed by atoms with Crippen LogP contribution in [0.15, 0.2) is 6.07 Å². The van der Waals surface area contributed by atoms with Crippen molar-refractivity contribution in [2.45, 2.75) is 65.5 Å². The number of hydrogen-bond acceptors (Lipinski definition) is 3. The van der Waals surface area contributed by atoms with Gasteiger partial charge in [-0.05, 0) is 32.3 Å². The minimum atomic E-state index is -1.19. The lowest BCUT2D eigenvalue weighted by Gasteiger charge is -2.23. The number of aliphatic hydroxyl groups is 1. The first-order valence-electron chi connectivity index (χ1n) is 6.81. The van der Waals surface area contributed by atoms with E-state index < -0.39 is 5.60 Å². The average molecular weight is 252 g/mol. The summed E-state index contributed by atoms with van der Waals surface area (Å²) in [7, 11) is 0. The van der Waals surface area contributed by atoms with Crippen molar-refractivity contribution in [2.24, 2.45) is 0 Å². The highest BCUT2D eigenvalue weighted by Gasteiger charge is 2.32. The first-order valence-corrected chi connectivity index (χ1v) is 6.81. The Morgan fingerprint density at radius 1 is 1.33 bits per heavy atom. The van der Waals surface area contributed by atoms with Crippen LogP contribution >= 0.6 is 0 Å². The molecule has 0 aliphatic rings. The van der Waals surface area contributed by atoms with E-state index >= 15 is 0 Å². The second kappa shape index (κ2) is 6.14. The molecule has 0 aromatic carbocycles. The highest BCUT2D eigenvalue weighted by molar-refractivity contribution is 5.88. The SMILES string of the molecule is CCc1cc(CC(=O)C(O)(CC)CC)n(CC)n1. The summed E-state index contributed by atoms with van der Waals surface area (Å²) in [6.45, 7) is 8.49. The van der Waals surface area contributed by atoms with Crippen LogP contribution in [0.1, 0.15) is 51.9 Å². The first kappa shape index (κ1) is 14.9. The normalized spacial score (nSPS) is 11.8. The highest BCUT2D eigenvalue weighted by atomic mass is 16.3. The van der Waals surface area contributed by atoms with Gasteiger partial charge in [0.25, 0.3) is 0 Å². The molecule has 4 nitrogen and oxygen atoms in total. The maximum atomic E-state index is 12.2. The smallest absolute Gasteiger partial charge is 0.170 e. The van der Waals surface area contributed by atoms with Crippen molar-refractivity contribution in [3.63, 3.8) is 0 Å². The van der Waals surface area contributed by atoms with Crippen LogP contribution in [-0.2, 0) is 24.2 Å². The quantitative estimate of drug-likeness (QED) is 0.808. The lowest BCUT2D eigenvalue weighted by molar-refractivity contribution is -0.137. The number of hydrogen-bond donors (Lipinski definition) is 1. The van der Waals surface area contributed by atoms with Crippen molar-refractivity contribution in [1.82, 2.24) is 9.78 Å². The second-order valence-corrected chi connectivity index (χ2v) is 4.63. The largest absolute Gasteiger partial charge is 0.382 e. The van der Waals surface area contributed by atoms with E-state index in [1.54, 1.807) is 0 Å². The van der Waals surface area contributed by atoms with E-state index in [4.69, 9.17) is 0 Å². The summed E-state index contributed by atoms with van der Waals surface area (Å²) in [5.74, 6) is -0.107. The Bertz CT molecular complexity index is 406. The third-order valence-corrected chi connectivity index (χ3v) is 3.61. The summed E-state index contributed by atoms with van der Waals surface area (Å²) in [6.07, 6.45) is 2.05. The van der Waals surface area contributed by atoms with Crippen molar-refractivity contribution < 1.29 is 9.90 Å². The van der Waals surface area contributed by atoms with Crippen molar-refractivity contribution in [3.05, 3.63) is 17.5 Å². The summed E-state index contributed by atoms with van der Waals surface area (Å²) >= 11 is 0. The number of Topliss-reactive ketones (excluding diaryl/α,β-unsaturated/α-hetero) is 1. The van der Waals surface area contributed by atoms with Crippen LogP contribution in [0.25, 0.3) is 0 Å². The van der Waals surface area contributed by atoms with Crippen LogP contribution in [-0.4, -0.2) is 26.3 Å². The Morgan fingerprint density at radius 3 is 2.39 bits per heavy atom. The summed E-state index contributed by atoms with van der Waals surface area (Å²) in [5, 5.41) is 14.6. The second-order valence-electron chi connectivity index (χ2n) is 4.63. The van der Waals surface area contributed by atoms with E-state index in [-0.39, 0.29) is 12.2 Å². The molecule has 1 heterocycles. The van der Waals surface area contributed by atoms with Gasteiger partial charge < -0.3 is 5.11 Å². The van der Waals surface area contributed by atoms with Crippen LogP contribution in [0.3, 0.4) is 0 Å². The number of carbonyl (C=O) groups excluding carboxylic acids is 1. The van der Waals surface area contributed by atoms with Gasteiger partial charge in [0.2, 0.25) is 0 Å². The number of aromatic nitrogens is 2. The lowest BCUT2D eigenvalue weighted by atomic mass is 9.89. The molecule has 18 heavy (non-hydrogen) atoms. The molecule has 0 bridgehead atoms. The van der Waals surface area contributed by atoms with Crippen LogP contribution in [0, 0.1) is 0 Å². The molecule has 0 atom stereocenters. The summed E-state index contributed by atoms with van der Waals surface area (Å²) in [5.41, 5.74) is 0.714. The maximum Gasteiger partial charge on any atom is 0.170 e. The van der Waals surface area contributed by atoms with Gasteiger partial charge in [0, 0.05) is 12.2 Å². The number of rotatable bonds is 7. The lowest BCUT2D eigenvalue weighted by Crippen LogP contribution is -2.38. The third kappa shape index (κ3) is 2.99. The zero-order valence-electron chi connectivity index (χ0n) is 11.9. The predicted molar refractivity (Wildman–Crippen MR) is 71.5 cm³/mol. The first-order chi connectivity index (χ1) is 8.50. The Morgan fingerprint density at radius 2 is 1.94 bits per heavy atom. The zero-order chi connectivity index (χ0) is 13.8. The third-order valence-electron chi connectivity index (χ3n) is 3.61. The molecule has 0 aliphatic heterocycles.